The molecule has 5 saturated heterocycles. The van der Waals surface area contributed by atoms with Gasteiger partial charge in [0.15, 0.2) is 0 Å². The molecule has 5 unspecified atom stereocenters. The third-order valence-corrected chi connectivity index (χ3v) is 26.8. The topological polar surface area (TPSA) is 356 Å². The number of benzene rings is 5. The van der Waals surface area contributed by atoms with Crippen molar-refractivity contribution in [1.82, 2.24) is 50.7 Å². The van der Waals surface area contributed by atoms with Gasteiger partial charge in [0.1, 0.15) is 0 Å². The normalized spacial score (nSPS) is 19.6. The summed E-state index contributed by atoms with van der Waals surface area (Å²) in [4.78, 5) is 109. The van der Waals surface area contributed by atoms with Crippen LogP contribution in [0.1, 0.15) is 169 Å². The van der Waals surface area contributed by atoms with Crippen LogP contribution in [0.5, 0.6) is 0 Å². The molecule has 29 nitrogen and oxygen atoms in total. The van der Waals surface area contributed by atoms with Crippen LogP contribution < -0.4 is 25.1 Å². The van der Waals surface area contributed by atoms with E-state index in [4.69, 9.17) is 148 Å². The van der Waals surface area contributed by atoms with E-state index in [-0.39, 0.29) is 113 Å². The second kappa shape index (κ2) is 79.3. The Morgan fingerprint density at radius 1 is 0.454 bits per heavy atom. The fourth-order valence-electron chi connectivity index (χ4n) is 17.1. The first-order valence-corrected chi connectivity index (χ1v) is 56.9. The van der Waals surface area contributed by atoms with Crippen LogP contribution in [-0.2, 0) is 136 Å². The van der Waals surface area contributed by atoms with Crippen molar-refractivity contribution in [3.8, 4) is 0 Å². The van der Waals surface area contributed by atoms with Gasteiger partial charge in [-0.2, -0.15) is 18.1 Å². The molecule has 5 heterocycles. The summed E-state index contributed by atoms with van der Waals surface area (Å²) in [6.45, 7) is 26.6. The van der Waals surface area contributed by atoms with Crippen LogP contribution in [0, 0.1) is 29.6 Å². The van der Waals surface area contributed by atoms with Crippen LogP contribution in [0.25, 0.3) is 5.32 Å². The molecule has 10 atom stereocenters. The molecule has 0 bridgehead atoms. The first-order chi connectivity index (χ1) is 67.7. The Morgan fingerprint density at radius 3 is 1.10 bits per heavy atom. The van der Waals surface area contributed by atoms with Crippen LogP contribution in [0.4, 0.5) is 0 Å². The van der Waals surface area contributed by atoms with Crippen molar-refractivity contribution in [3.63, 3.8) is 0 Å². The number of alkyl halides is 3. The van der Waals surface area contributed by atoms with Gasteiger partial charge in [0.25, 0.3) is 0 Å². The van der Waals surface area contributed by atoms with Crippen LogP contribution in [-0.4, -0.2) is 305 Å². The zero-order valence-electron chi connectivity index (χ0n) is 83.1. The molecule has 0 saturated carbocycles. The van der Waals surface area contributed by atoms with E-state index in [1.165, 1.54) is 41.1 Å². The van der Waals surface area contributed by atoms with Gasteiger partial charge in [-0.05, 0) is 294 Å². The second-order valence-corrected chi connectivity index (χ2v) is 40.6. The number of amides is 3. The summed E-state index contributed by atoms with van der Waals surface area (Å²) in [5.41, 5.74) is 5.75. The van der Waals surface area contributed by atoms with Gasteiger partial charge in [-0.25, -0.2) is 0 Å². The van der Waals surface area contributed by atoms with Gasteiger partial charge < -0.3 is 99.9 Å². The molecule has 41 heteroatoms. The third-order valence-electron chi connectivity index (χ3n) is 24.1. The number of likely N-dealkylation sites (tertiary alicyclic amines) is 4. The quantitative estimate of drug-likeness (QED) is 0.00928. The summed E-state index contributed by atoms with van der Waals surface area (Å²) >= 11 is 48.9. The van der Waals surface area contributed by atoms with E-state index in [1.807, 2.05) is 135 Å². The van der Waals surface area contributed by atoms with E-state index in [9.17, 15) is 38.4 Å². The molecule has 793 valence electrons. The Morgan fingerprint density at radius 2 is 0.780 bits per heavy atom. The number of carbonyl (C=O) groups excluding carboxylic acids is 8. The Balaban J connectivity index is 0.000000572. The molecule has 3 amide bonds. The minimum atomic E-state index is -5.94. The zero-order valence-corrected chi connectivity index (χ0v) is 95.3. The van der Waals surface area contributed by atoms with E-state index in [0.29, 0.717) is 78.3 Å². The number of piperidine rings is 5. The number of hydrogen-bond acceptors (Lipinski definition) is 28. The Hall–Kier alpha value is -4.79. The first kappa shape index (κ1) is 132. The first-order valence-electron chi connectivity index (χ1n) is 47.9. The van der Waals surface area contributed by atoms with Crippen molar-refractivity contribution < 1.29 is 114 Å². The molecule has 0 radical (unpaired) electrons. The summed E-state index contributed by atoms with van der Waals surface area (Å²) in [5, 5.41) is 20.5. The fourth-order valence-corrected chi connectivity index (χ4v) is 19.0. The molecule has 5 aromatic carbocycles. The Bertz CT molecular complexity index is 4350. The van der Waals surface area contributed by atoms with Crippen LogP contribution in [0.15, 0.2) is 121 Å². The predicted octanol–water partition coefficient (Wildman–Crippen LogP) is 15.3. The SMILES string of the molecule is CCCNC(=O)CN(CCC)CCCN1CCC(c2ccc(Cl)cc2)[C@H](C(=O)OC)C1.CCCNCC(=O)NCCC.COC(=O)[C@@H]1CN(C)CCC1c1ccc(Cl)cc1.COC(=O)[C@@H]1CN(CCCCl)CCC1c1ccc(Cl)cc1.COC(=O)[C@@H]1CN(CCCN(CC[S-])CC(=O)[N-]CC[S-])CCC1c1ccc(Cl)cc1.COC(=O)[C@@H]1CNCCC1c1ccc(Cl)cc1.ClCCCBr.[O]=[Tc+4].[O]=[Tc](=[O])(=[O])[O-]. The summed E-state index contributed by atoms with van der Waals surface area (Å²) < 4.78 is 67.7. The van der Waals surface area contributed by atoms with Gasteiger partial charge in [-0.1, -0.05) is 162 Å². The number of nitrogens with one attached hydrogen (secondary N) is 4. The monoisotopic (exact) mass is 2370 g/mol. The molecule has 0 spiro atoms. The molecule has 5 aliphatic heterocycles. The number of hydrogen-bond donors (Lipinski definition) is 4. The van der Waals surface area contributed by atoms with Crippen LogP contribution in [0.2, 0.25) is 25.1 Å². The van der Waals surface area contributed by atoms with E-state index >= 15 is 0 Å². The predicted molar refractivity (Wildman–Crippen MR) is 558 cm³/mol. The molecule has 10 rings (SSSR count). The fraction of sp³-hybridized carbons (Fsp3) is 0.620. The number of methoxy groups -OCH3 is 5. The maximum absolute atomic E-state index is 12.5. The maximum atomic E-state index is 12.5. The summed E-state index contributed by atoms with van der Waals surface area (Å²) in [6.07, 6.45) is 12.6. The van der Waals surface area contributed by atoms with Crippen LogP contribution >= 0.6 is 97.1 Å². The molecule has 5 aliphatic rings. The van der Waals surface area contributed by atoms with Gasteiger partial charge in [0.05, 0.1) is 84.1 Å². The zero-order chi connectivity index (χ0) is 105. The van der Waals surface area contributed by atoms with E-state index in [0.717, 1.165) is 251 Å². The minimum absolute atomic E-state index is 0.0880. The van der Waals surface area contributed by atoms with Gasteiger partial charge in [0, 0.05) is 94.6 Å². The molecule has 141 heavy (non-hydrogen) atoms. The van der Waals surface area contributed by atoms with E-state index in [1.54, 1.807) is 0 Å². The summed E-state index contributed by atoms with van der Waals surface area (Å²) in [7, 11) is 9.30. The molecular formula is C100H148BrCl7N11O18S2Tc2. The summed E-state index contributed by atoms with van der Waals surface area (Å²) in [5.74, 6) is 2.03. The standard InChI is InChI=1S/C24H38ClN3O3.C22H34ClN3O3S2.C16H21Cl2NO2.C14H18ClNO2.C13H16ClNO2.C8H18N2O.C3H6BrCl.5O.2Tc/c1-4-12-26-23(29)18-27(13-5-2)14-6-15-28-16-11-21(22(17-28)24(30)31-3)19-7-9-20(25)10-8-19;1-29-22(28)20-15-25(11-7-19(20)17-3-5-18(23)6-4-17)9-2-10-26(12-14-31)16-21(27)24-8-13-30;1-21-16(20)15-11-19(9-2-8-17)10-7-14(15)12-3-5-13(18)6-4-12;1-16-8-7-12(13(9-16)14(17)18-2)10-3-5-11(15)6-4-10;1-17-13(16)12-8-15-7-6-11(12)9-2-4-10(14)5-3-9;1-3-5-9-7-8(11)10-6-4-2;4-2-1-3-5;;;;;;;/h7-10,21-22H,4-6,11-18H2,1-3H3,(H,26,29);3-6,19-20H,2,7-16H2,1H3,(H3,24,27,30,31);3-6,14-15H,2,7-11H2,1H3;3-6,12-13H,7-9H2,1-2H3;2-5,11-12,15H,6-8H2,1H3;9H,3-7H2,1-2H3,(H,10,11);1-3H2;;;;;;;/q;;;;;;;;;;;-1;;+4/p-3/t21?,22-;19?,20-;14?,15-;12?,13-;11?,12-;;;;;;;;;/m11111........./s1. The van der Waals surface area contributed by atoms with Crippen LogP contribution in [0.3, 0.4) is 0 Å². The number of nitrogens with zero attached hydrogens (tertiary/aromatic N) is 7. The molecule has 0 aliphatic carbocycles. The van der Waals surface area contributed by atoms with Gasteiger partial charge in [0.2, 0.25) is 11.8 Å². The van der Waals surface area contributed by atoms with E-state index in [2.05, 4.69) is 92.7 Å². The number of rotatable bonds is 41. The Kier molecular flexibility index (Phi) is 74.4. The van der Waals surface area contributed by atoms with Crippen molar-refractivity contribution in [2.75, 3.05) is 228 Å². The van der Waals surface area contributed by atoms with Gasteiger partial charge in [-0.3, -0.25) is 43.4 Å². The van der Waals surface area contributed by atoms with Crippen molar-refractivity contribution in [2.45, 2.75) is 141 Å². The number of carbonyl (C=O) groups is 8. The Labute approximate surface area is 905 Å². The van der Waals surface area contributed by atoms with E-state index < -0.39 is 15.5 Å². The van der Waals surface area contributed by atoms with Crippen molar-refractivity contribution in [1.29, 1.82) is 0 Å². The molecule has 5 fully saturated rings. The van der Waals surface area contributed by atoms with Crippen molar-refractivity contribution in [3.05, 3.63) is 180 Å². The summed E-state index contributed by atoms with van der Waals surface area (Å²) in [6, 6.07) is 38.8. The molecule has 4 N–H and O–H groups in total. The average molecular weight is 2380 g/mol. The number of ether oxygens (including phenoxy) is 5. The average Bonchev–Trinajstić information content (AvgIpc) is 0.841. The van der Waals surface area contributed by atoms with Crippen molar-refractivity contribution >= 4 is 170 Å². The molecule has 0 aromatic heterocycles. The van der Waals surface area contributed by atoms with Crippen molar-refractivity contribution in [2.24, 2.45) is 29.6 Å². The number of esters is 5. The molecule has 5 aromatic rings. The van der Waals surface area contributed by atoms with Gasteiger partial charge in [-0.15, -0.1) is 23.2 Å². The second-order valence-electron chi connectivity index (χ2n) is 34.2. The number of halogens is 8. The van der Waals surface area contributed by atoms with Gasteiger partial charge >= 0.3 is 82.1 Å². The molecular weight excluding hydrogens is 2230 g/mol. The third kappa shape index (κ3) is 55.9.